The summed E-state index contributed by atoms with van der Waals surface area (Å²) >= 11 is 5.94. The summed E-state index contributed by atoms with van der Waals surface area (Å²) in [6.45, 7) is 0. The second kappa shape index (κ2) is 7.66. The summed E-state index contributed by atoms with van der Waals surface area (Å²) in [5, 5.41) is 6.36. The molecule has 2 amide bonds. The molecular formula is C18H17ClN4O. The summed E-state index contributed by atoms with van der Waals surface area (Å²) in [5.74, 6) is 0.812. The number of benzene rings is 2. The van der Waals surface area contributed by atoms with Gasteiger partial charge in [0, 0.05) is 29.5 Å². The van der Waals surface area contributed by atoms with Gasteiger partial charge in [-0.25, -0.2) is 9.78 Å². The Hall–Kier alpha value is -2.79. The van der Waals surface area contributed by atoms with Crippen LogP contribution in [-0.4, -0.2) is 16.0 Å². The third kappa shape index (κ3) is 4.36. The van der Waals surface area contributed by atoms with Crippen LogP contribution in [-0.2, 0) is 6.42 Å². The van der Waals surface area contributed by atoms with Gasteiger partial charge in [0.05, 0.1) is 6.04 Å². The highest BCUT2D eigenvalue weighted by molar-refractivity contribution is 6.30. The summed E-state index contributed by atoms with van der Waals surface area (Å²) in [7, 11) is 0. The molecule has 0 aliphatic heterocycles. The molecule has 2 aromatic carbocycles. The molecule has 122 valence electrons. The van der Waals surface area contributed by atoms with Crippen LogP contribution in [0.3, 0.4) is 0 Å². The number of halogens is 1. The van der Waals surface area contributed by atoms with Crippen molar-refractivity contribution in [2.75, 3.05) is 5.32 Å². The standard InChI is InChI=1S/C18H17ClN4O/c19-14-7-4-8-15(11-14)22-18(24)23-16(12-17-20-9-10-21-17)13-5-2-1-3-6-13/h1-11,16H,12H2,(H,20,21)(H2,22,23,24). The Labute approximate surface area is 145 Å². The molecule has 0 aliphatic carbocycles. The number of imidazole rings is 1. The molecule has 3 aromatic rings. The number of hydrogen-bond donors (Lipinski definition) is 3. The average molecular weight is 341 g/mol. The zero-order valence-corrected chi connectivity index (χ0v) is 13.6. The molecule has 0 spiro atoms. The molecule has 3 rings (SSSR count). The van der Waals surface area contributed by atoms with Gasteiger partial charge in [0.1, 0.15) is 5.82 Å². The van der Waals surface area contributed by atoms with E-state index < -0.39 is 0 Å². The maximum Gasteiger partial charge on any atom is 0.319 e. The van der Waals surface area contributed by atoms with Crippen LogP contribution in [0.4, 0.5) is 10.5 Å². The summed E-state index contributed by atoms with van der Waals surface area (Å²) in [4.78, 5) is 19.6. The normalized spacial score (nSPS) is 11.7. The first-order chi connectivity index (χ1) is 11.7. The first-order valence-corrected chi connectivity index (χ1v) is 7.95. The number of aromatic amines is 1. The van der Waals surface area contributed by atoms with E-state index in [1.54, 1.807) is 36.7 Å². The lowest BCUT2D eigenvalue weighted by atomic mass is 10.0. The fourth-order valence-electron chi connectivity index (χ4n) is 2.43. The van der Waals surface area contributed by atoms with E-state index in [0.717, 1.165) is 11.4 Å². The summed E-state index contributed by atoms with van der Waals surface area (Å²) in [6, 6.07) is 16.3. The minimum Gasteiger partial charge on any atom is -0.349 e. The van der Waals surface area contributed by atoms with Crippen LogP contribution in [0, 0.1) is 0 Å². The number of rotatable bonds is 5. The maximum absolute atomic E-state index is 12.3. The van der Waals surface area contributed by atoms with Gasteiger partial charge in [-0.2, -0.15) is 0 Å². The lowest BCUT2D eigenvalue weighted by Crippen LogP contribution is -2.33. The molecule has 1 atom stereocenters. The Morgan fingerprint density at radius 2 is 2.00 bits per heavy atom. The first-order valence-electron chi connectivity index (χ1n) is 7.57. The average Bonchev–Trinajstić information content (AvgIpc) is 3.08. The number of H-pyrrole nitrogens is 1. The molecular weight excluding hydrogens is 324 g/mol. The van der Waals surface area contributed by atoms with Crippen molar-refractivity contribution in [1.29, 1.82) is 0 Å². The molecule has 0 saturated heterocycles. The minimum atomic E-state index is -0.294. The maximum atomic E-state index is 12.3. The fourth-order valence-corrected chi connectivity index (χ4v) is 2.62. The van der Waals surface area contributed by atoms with Gasteiger partial charge in [-0.1, -0.05) is 48.0 Å². The highest BCUT2D eigenvalue weighted by Gasteiger charge is 2.16. The molecule has 0 aliphatic rings. The lowest BCUT2D eigenvalue weighted by molar-refractivity contribution is 0.248. The quantitative estimate of drug-likeness (QED) is 0.652. The van der Waals surface area contributed by atoms with Gasteiger partial charge in [0.25, 0.3) is 0 Å². The Morgan fingerprint density at radius 3 is 2.71 bits per heavy atom. The van der Waals surface area contributed by atoms with Crippen LogP contribution in [0.15, 0.2) is 67.0 Å². The third-order valence-electron chi connectivity index (χ3n) is 3.54. The van der Waals surface area contributed by atoms with Crippen LogP contribution in [0.25, 0.3) is 0 Å². The first kappa shape index (κ1) is 16.1. The van der Waals surface area contributed by atoms with E-state index in [1.807, 2.05) is 30.3 Å². The topological polar surface area (TPSA) is 69.8 Å². The van der Waals surface area contributed by atoms with Crippen molar-refractivity contribution in [3.05, 3.63) is 83.4 Å². The number of carbonyl (C=O) groups excluding carboxylic acids is 1. The lowest BCUT2D eigenvalue weighted by Gasteiger charge is -2.19. The molecule has 0 radical (unpaired) electrons. The number of nitrogens with zero attached hydrogens (tertiary/aromatic N) is 1. The number of amides is 2. The third-order valence-corrected chi connectivity index (χ3v) is 3.78. The van der Waals surface area contributed by atoms with Gasteiger partial charge >= 0.3 is 6.03 Å². The van der Waals surface area contributed by atoms with E-state index >= 15 is 0 Å². The Morgan fingerprint density at radius 1 is 1.17 bits per heavy atom. The van der Waals surface area contributed by atoms with Crippen molar-refractivity contribution in [1.82, 2.24) is 15.3 Å². The predicted molar refractivity (Wildman–Crippen MR) is 95.1 cm³/mol. The molecule has 24 heavy (non-hydrogen) atoms. The number of anilines is 1. The van der Waals surface area contributed by atoms with E-state index in [4.69, 9.17) is 11.6 Å². The van der Waals surface area contributed by atoms with Crippen molar-refractivity contribution >= 4 is 23.3 Å². The number of carbonyl (C=O) groups is 1. The van der Waals surface area contributed by atoms with E-state index in [1.165, 1.54) is 0 Å². The SMILES string of the molecule is O=C(Nc1cccc(Cl)c1)NC(Cc1ncc[nH]1)c1ccccc1. The highest BCUT2D eigenvalue weighted by Crippen LogP contribution is 2.18. The van der Waals surface area contributed by atoms with Crippen molar-refractivity contribution < 1.29 is 4.79 Å². The minimum absolute atomic E-state index is 0.198. The Bertz CT molecular complexity index is 790. The summed E-state index contributed by atoms with van der Waals surface area (Å²) in [6.07, 6.45) is 4.03. The monoisotopic (exact) mass is 340 g/mol. The van der Waals surface area contributed by atoms with Crippen molar-refractivity contribution in [3.63, 3.8) is 0 Å². The van der Waals surface area contributed by atoms with Crippen molar-refractivity contribution in [2.24, 2.45) is 0 Å². The fraction of sp³-hybridized carbons (Fsp3) is 0.111. The number of nitrogens with one attached hydrogen (secondary N) is 3. The van der Waals surface area contributed by atoms with E-state index in [9.17, 15) is 4.79 Å². The van der Waals surface area contributed by atoms with Gasteiger partial charge in [-0.15, -0.1) is 0 Å². The van der Waals surface area contributed by atoms with Crippen molar-refractivity contribution in [2.45, 2.75) is 12.5 Å². The van der Waals surface area contributed by atoms with E-state index in [-0.39, 0.29) is 12.1 Å². The van der Waals surface area contributed by atoms with E-state index in [0.29, 0.717) is 17.1 Å². The summed E-state index contributed by atoms with van der Waals surface area (Å²) < 4.78 is 0. The van der Waals surface area contributed by atoms with Crippen LogP contribution >= 0.6 is 11.6 Å². The number of aromatic nitrogens is 2. The smallest absolute Gasteiger partial charge is 0.319 e. The Kier molecular flexibility index (Phi) is 5.13. The largest absolute Gasteiger partial charge is 0.349 e. The van der Waals surface area contributed by atoms with Gasteiger partial charge in [0.2, 0.25) is 0 Å². The molecule has 6 heteroatoms. The summed E-state index contributed by atoms with van der Waals surface area (Å²) in [5.41, 5.74) is 1.65. The number of hydrogen-bond acceptors (Lipinski definition) is 2. The second-order valence-electron chi connectivity index (χ2n) is 5.31. The molecule has 0 bridgehead atoms. The van der Waals surface area contributed by atoms with Crippen molar-refractivity contribution in [3.8, 4) is 0 Å². The van der Waals surface area contributed by atoms with Gasteiger partial charge in [-0.05, 0) is 23.8 Å². The molecule has 1 heterocycles. The van der Waals surface area contributed by atoms with Crippen LogP contribution in [0.1, 0.15) is 17.4 Å². The zero-order chi connectivity index (χ0) is 16.8. The second-order valence-corrected chi connectivity index (χ2v) is 5.75. The van der Waals surface area contributed by atoms with Gasteiger partial charge in [-0.3, -0.25) is 0 Å². The van der Waals surface area contributed by atoms with Crippen LogP contribution < -0.4 is 10.6 Å². The molecule has 1 aromatic heterocycles. The highest BCUT2D eigenvalue weighted by atomic mass is 35.5. The predicted octanol–water partition coefficient (Wildman–Crippen LogP) is 4.17. The molecule has 0 fully saturated rings. The number of urea groups is 1. The van der Waals surface area contributed by atoms with Crippen LogP contribution in [0.2, 0.25) is 5.02 Å². The molecule has 1 unspecified atom stereocenters. The van der Waals surface area contributed by atoms with Crippen LogP contribution in [0.5, 0.6) is 0 Å². The Balaban J connectivity index is 1.72. The van der Waals surface area contributed by atoms with E-state index in [2.05, 4.69) is 20.6 Å². The van der Waals surface area contributed by atoms with Gasteiger partial charge < -0.3 is 15.6 Å². The zero-order valence-electron chi connectivity index (χ0n) is 12.9. The van der Waals surface area contributed by atoms with Gasteiger partial charge in [0.15, 0.2) is 0 Å². The molecule has 3 N–H and O–H groups in total. The molecule has 0 saturated carbocycles. The molecule has 5 nitrogen and oxygen atoms in total.